The zero-order valence-corrected chi connectivity index (χ0v) is 7.28. The van der Waals surface area contributed by atoms with Gasteiger partial charge >= 0.3 is 0 Å². The van der Waals surface area contributed by atoms with Crippen molar-refractivity contribution in [2.24, 2.45) is 11.7 Å². The highest BCUT2D eigenvalue weighted by molar-refractivity contribution is 5.00. The Kier molecular flexibility index (Phi) is 2.15. The molecule has 0 amide bonds. The summed E-state index contributed by atoms with van der Waals surface area (Å²) in [5.41, 5.74) is 2.73. The molecule has 1 aliphatic rings. The van der Waals surface area contributed by atoms with Gasteiger partial charge in [0.25, 0.3) is 5.92 Å². The molecule has 72 valence electrons. The zero-order chi connectivity index (χ0) is 9.57. The summed E-state index contributed by atoms with van der Waals surface area (Å²) in [6, 6.07) is -1.32. The molecule has 0 aliphatic heterocycles. The number of rotatable bonds is 3. The lowest BCUT2D eigenvalue weighted by Crippen LogP contribution is -2.54. The summed E-state index contributed by atoms with van der Waals surface area (Å²) in [6.07, 6.45) is 1.40. The Morgan fingerprint density at radius 3 is 1.92 bits per heavy atom. The maximum Gasteiger partial charge on any atom is 0.295 e. The van der Waals surface area contributed by atoms with Gasteiger partial charge in [-0.3, -0.25) is 0 Å². The van der Waals surface area contributed by atoms with Crippen molar-refractivity contribution in [2.75, 3.05) is 0 Å². The third-order valence-corrected chi connectivity index (χ3v) is 2.34. The number of alkyl halides is 3. The molecular formula is C8H14F3N. The second-order valence-electron chi connectivity index (χ2n) is 3.96. The molecule has 0 aromatic rings. The van der Waals surface area contributed by atoms with Crippen LogP contribution in [0.25, 0.3) is 0 Å². The number of hydrogen-bond acceptors (Lipinski definition) is 1. The van der Waals surface area contributed by atoms with Gasteiger partial charge in [0.05, 0.1) is 6.04 Å². The van der Waals surface area contributed by atoms with Crippen LogP contribution in [0.4, 0.5) is 13.2 Å². The van der Waals surface area contributed by atoms with Gasteiger partial charge in [-0.05, 0) is 32.6 Å². The summed E-state index contributed by atoms with van der Waals surface area (Å²) in [5, 5.41) is 0. The molecule has 1 unspecified atom stereocenters. The van der Waals surface area contributed by atoms with Gasteiger partial charge in [-0.25, -0.2) is 13.2 Å². The van der Waals surface area contributed by atoms with Crippen molar-refractivity contribution in [1.82, 2.24) is 0 Å². The highest BCUT2D eigenvalue weighted by atomic mass is 19.3. The third kappa shape index (κ3) is 1.58. The van der Waals surface area contributed by atoms with Crippen LogP contribution < -0.4 is 5.73 Å². The lowest BCUT2D eigenvalue weighted by Gasteiger charge is -2.31. The Bertz CT molecular complexity index is 170. The van der Waals surface area contributed by atoms with Crippen LogP contribution in [0.5, 0.6) is 0 Å². The summed E-state index contributed by atoms with van der Waals surface area (Å²) in [7, 11) is 0. The highest BCUT2D eigenvalue weighted by Gasteiger charge is 2.56. The van der Waals surface area contributed by atoms with Crippen molar-refractivity contribution in [3.8, 4) is 0 Å². The van der Waals surface area contributed by atoms with Crippen LogP contribution in [0.15, 0.2) is 0 Å². The molecule has 2 N–H and O–H groups in total. The minimum absolute atomic E-state index is 0.185. The normalized spacial score (nSPS) is 22.5. The van der Waals surface area contributed by atoms with Gasteiger partial charge in [0.15, 0.2) is 5.67 Å². The molecule has 0 heterocycles. The van der Waals surface area contributed by atoms with Gasteiger partial charge in [-0.2, -0.15) is 0 Å². The molecule has 0 bridgehead atoms. The van der Waals surface area contributed by atoms with Gasteiger partial charge in [-0.1, -0.05) is 0 Å². The molecule has 12 heavy (non-hydrogen) atoms. The Hall–Kier alpha value is -0.250. The van der Waals surface area contributed by atoms with E-state index in [9.17, 15) is 13.2 Å². The molecule has 0 radical (unpaired) electrons. The molecular weight excluding hydrogens is 167 g/mol. The smallest absolute Gasteiger partial charge is 0.295 e. The van der Waals surface area contributed by atoms with Gasteiger partial charge in [-0.15, -0.1) is 0 Å². The number of hydrogen-bond donors (Lipinski definition) is 1. The molecule has 1 rings (SSSR count). The van der Waals surface area contributed by atoms with Crippen LogP contribution in [-0.2, 0) is 0 Å². The molecule has 4 heteroatoms. The molecule has 1 atom stereocenters. The minimum atomic E-state index is -3.41. The van der Waals surface area contributed by atoms with E-state index in [4.69, 9.17) is 5.73 Å². The molecule has 1 nitrogen and oxygen atoms in total. The SMILES string of the molecule is CC(C)(F)C(F)(F)C(N)C1CC1. The predicted octanol–water partition coefficient (Wildman–Crippen LogP) is 2.11. The molecule has 1 aliphatic carbocycles. The van der Waals surface area contributed by atoms with Crippen LogP contribution in [0.3, 0.4) is 0 Å². The topological polar surface area (TPSA) is 26.0 Å². The Morgan fingerprint density at radius 1 is 1.25 bits per heavy atom. The largest absolute Gasteiger partial charge is 0.322 e. The Morgan fingerprint density at radius 2 is 1.67 bits per heavy atom. The van der Waals surface area contributed by atoms with Crippen LogP contribution in [0.1, 0.15) is 26.7 Å². The number of nitrogens with two attached hydrogens (primary N) is 1. The van der Waals surface area contributed by atoms with E-state index in [2.05, 4.69) is 0 Å². The second kappa shape index (κ2) is 2.62. The fraction of sp³-hybridized carbons (Fsp3) is 1.00. The Labute approximate surface area is 70.1 Å². The quantitative estimate of drug-likeness (QED) is 0.709. The van der Waals surface area contributed by atoms with E-state index in [1.54, 1.807) is 0 Å². The van der Waals surface area contributed by atoms with E-state index in [0.29, 0.717) is 12.8 Å². The van der Waals surface area contributed by atoms with Crippen molar-refractivity contribution in [3.05, 3.63) is 0 Å². The van der Waals surface area contributed by atoms with Crippen LogP contribution >= 0.6 is 0 Å². The third-order valence-electron chi connectivity index (χ3n) is 2.34. The van der Waals surface area contributed by atoms with Crippen molar-refractivity contribution in [2.45, 2.75) is 44.3 Å². The fourth-order valence-electron chi connectivity index (χ4n) is 1.15. The summed E-state index contributed by atoms with van der Waals surface area (Å²) in [4.78, 5) is 0. The first kappa shape index (κ1) is 9.84. The lowest BCUT2D eigenvalue weighted by molar-refractivity contribution is -0.140. The summed E-state index contributed by atoms with van der Waals surface area (Å²) in [5.74, 6) is -3.59. The van der Waals surface area contributed by atoms with E-state index in [1.165, 1.54) is 0 Å². The zero-order valence-electron chi connectivity index (χ0n) is 7.28. The van der Waals surface area contributed by atoms with E-state index in [1.807, 2.05) is 0 Å². The monoisotopic (exact) mass is 181 g/mol. The molecule has 0 aromatic heterocycles. The van der Waals surface area contributed by atoms with Gasteiger partial charge in [0, 0.05) is 0 Å². The average Bonchev–Trinajstić information content (AvgIpc) is 2.64. The van der Waals surface area contributed by atoms with E-state index >= 15 is 0 Å². The summed E-state index contributed by atoms with van der Waals surface area (Å²) in [6.45, 7) is 1.74. The predicted molar refractivity (Wildman–Crippen MR) is 40.8 cm³/mol. The van der Waals surface area contributed by atoms with Crippen molar-refractivity contribution in [1.29, 1.82) is 0 Å². The van der Waals surface area contributed by atoms with E-state index in [0.717, 1.165) is 13.8 Å². The first-order valence-corrected chi connectivity index (χ1v) is 4.09. The minimum Gasteiger partial charge on any atom is -0.322 e. The van der Waals surface area contributed by atoms with Crippen molar-refractivity contribution in [3.63, 3.8) is 0 Å². The molecule has 1 saturated carbocycles. The van der Waals surface area contributed by atoms with Crippen molar-refractivity contribution < 1.29 is 13.2 Å². The van der Waals surface area contributed by atoms with Gasteiger partial charge < -0.3 is 5.73 Å². The van der Waals surface area contributed by atoms with Crippen LogP contribution in [-0.4, -0.2) is 17.6 Å². The van der Waals surface area contributed by atoms with Crippen LogP contribution in [0, 0.1) is 5.92 Å². The first-order chi connectivity index (χ1) is 5.27. The molecule has 0 saturated heterocycles. The second-order valence-corrected chi connectivity index (χ2v) is 3.96. The highest BCUT2D eigenvalue weighted by Crippen LogP contribution is 2.43. The fourth-order valence-corrected chi connectivity index (χ4v) is 1.15. The summed E-state index contributed by atoms with van der Waals surface area (Å²) < 4.78 is 39.2. The van der Waals surface area contributed by atoms with E-state index in [-0.39, 0.29) is 5.92 Å². The number of halogens is 3. The molecule has 1 fully saturated rings. The van der Waals surface area contributed by atoms with E-state index < -0.39 is 17.6 Å². The lowest BCUT2D eigenvalue weighted by atomic mass is 9.93. The van der Waals surface area contributed by atoms with Crippen molar-refractivity contribution >= 4 is 0 Å². The molecule has 0 aromatic carbocycles. The average molecular weight is 181 g/mol. The standard InChI is InChI=1S/C8H14F3N/c1-7(2,9)8(10,11)6(12)5-3-4-5/h5-6H,3-4,12H2,1-2H3. The van der Waals surface area contributed by atoms with Gasteiger partial charge in [0.2, 0.25) is 0 Å². The first-order valence-electron chi connectivity index (χ1n) is 4.09. The molecule has 0 spiro atoms. The van der Waals surface area contributed by atoms with Gasteiger partial charge in [0.1, 0.15) is 0 Å². The Balaban J connectivity index is 2.68. The maximum absolute atomic E-state index is 13.1. The maximum atomic E-state index is 13.1. The van der Waals surface area contributed by atoms with Crippen LogP contribution in [0.2, 0.25) is 0 Å². The summed E-state index contributed by atoms with van der Waals surface area (Å²) >= 11 is 0.